The standard InChI is InChI=1S/C25H29N9O/c1-16(2)29-22-11-21(24-5-4-20-10-18(12-26)13-28-34(20)24)27-14-25(22)33-15-23(30-31-33)19-6-8-32(9-7-19)17(3)35/h4-5,10-11,13-16,19,30-31H,6-9H2,1-3H3,(H,27,29). The number of anilines is 2. The Balaban J connectivity index is 1.42. The van der Waals surface area contributed by atoms with E-state index in [1.165, 1.54) is 0 Å². The van der Waals surface area contributed by atoms with E-state index in [1.54, 1.807) is 17.6 Å². The van der Waals surface area contributed by atoms with Crippen molar-refractivity contribution in [2.24, 2.45) is 5.92 Å². The van der Waals surface area contributed by atoms with Crippen LogP contribution in [0.15, 0.2) is 48.6 Å². The smallest absolute Gasteiger partial charge is 0.219 e. The molecule has 0 saturated carbocycles. The van der Waals surface area contributed by atoms with Crippen molar-refractivity contribution in [1.82, 2.24) is 30.5 Å². The number of likely N-dealkylation sites (tertiary alicyclic amines) is 1. The maximum Gasteiger partial charge on any atom is 0.219 e. The van der Waals surface area contributed by atoms with E-state index in [2.05, 4.69) is 47.5 Å². The molecule has 0 bridgehead atoms. The molecule has 3 N–H and O–H groups in total. The minimum absolute atomic E-state index is 0.142. The van der Waals surface area contributed by atoms with E-state index in [-0.39, 0.29) is 11.9 Å². The third-order valence-electron chi connectivity index (χ3n) is 6.45. The molecule has 10 heteroatoms. The SMILES string of the molecule is CC(=O)N1CCC(C2=CN(c3cnc(-c4ccc5cc(C#N)cnn45)cc3NC(C)C)NN2)CC1. The van der Waals surface area contributed by atoms with Crippen molar-refractivity contribution in [3.63, 3.8) is 0 Å². The van der Waals surface area contributed by atoms with Crippen LogP contribution in [0.1, 0.15) is 39.2 Å². The maximum absolute atomic E-state index is 11.6. The monoisotopic (exact) mass is 471 g/mol. The Morgan fingerprint density at radius 1 is 1.23 bits per heavy atom. The van der Waals surface area contributed by atoms with Crippen LogP contribution < -0.4 is 21.3 Å². The van der Waals surface area contributed by atoms with Gasteiger partial charge in [0.1, 0.15) is 11.8 Å². The number of nitrogens with zero attached hydrogens (tertiary/aromatic N) is 6. The minimum Gasteiger partial charge on any atom is -0.381 e. The molecule has 3 aromatic rings. The third-order valence-corrected chi connectivity index (χ3v) is 6.45. The van der Waals surface area contributed by atoms with Gasteiger partial charge < -0.3 is 15.6 Å². The summed E-state index contributed by atoms with van der Waals surface area (Å²) in [4.78, 5) is 18.3. The van der Waals surface area contributed by atoms with Gasteiger partial charge in [-0.15, -0.1) is 5.53 Å². The number of nitriles is 1. The number of allylic oxidation sites excluding steroid dienone is 1. The Kier molecular flexibility index (Phi) is 6.01. The number of amides is 1. The van der Waals surface area contributed by atoms with Gasteiger partial charge >= 0.3 is 0 Å². The summed E-state index contributed by atoms with van der Waals surface area (Å²) in [6, 6.07) is 10.1. The van der Waals surface area contributed by atoms with Crippen molar-refractivity contribution < 1.29 is 4.79 Å². The summed E-state index contributed by atoms with van der Waals surface area (Å²) >= 11 is 0. The van der Waals surface area contributed by atoms with Crippen molar-refractivity contribution in [1.29, 1.82) is 5.26 Å². The van der Waals surface area contributed by atoms with E-state index in [9.17, 15) is 4.79 Å². The van der Waals surface area contributed by atoms with Crippen molar-refractivity contribution in [2.45, 2.75) is 39.7 Å². The average Bonchev–Trinajstić information content (AvgIpc) is 3.51. The van der Waals surface area contributed by atoms with Crippen molar-refractivity contribution >= 4 is 22.8 Å². The highest BCUT2D eigenvalue weighted by Crippen LogP contribution is 2.33. The fraction of sp³-hybridized carbons (Fsp3) is 0.360. The van der Waals surface area contributed by atoms with Crippen molar-refractivity contribution in [3.8, 4) is 17.5 Å². The summed E-state index contributed by atoms with van der Waals surface area (Å²) in [5, 5.41) is 19.1. The average molecular weight is 472 g/mol. The Hall–Kier alpha value is -4.10. The van der Waals surface area contributed by atoms with Crippen LogP contribution in [0, 0.1) is 17.2 Å². The highest BCUT2D eigenvalue weighted by molar-refractivity contribution is 5.77. The summed E-state index contributed by atoms with van der Waals surface area (Å²) in [5.41, 5.74) is 12.5. The van der Waals surface area contributed by atoms with Crippen LogP contribution in [-0.2, 0) is 4.79 Å². The lowest BCUT2D eigenvalue weighted by atomic mass is 9.94. The molecule has 1 fully saturated rings. The van der Waals surface area contributed by atoms with Crippen molar-refractivity contribution in [3.05, 3.63) is 54.1 Å². The van der Waals surface area contributed by atoms with Gasteiger partial charge in [0, 0.05) is 43.9 Å². The van der Waals surface area contributed by atoms with Gasteiger partial charge in [0.25, 0.3) is 0 Å². The Bertz CT molecular complexity index is 1330. The number of hydrazine groups is 2. The number of rotatable bonds is 5. The molecule has 3 aromatic heterocycles. The van der Waals surface area contributed by atoms with Gasteiger partial charge in [0.2, 0.25) is 5.91 Å². The number of fused-ring (bicyclic) bond motifs is 1. The van der Waals surface area contributed by atoms with Gasteiger partial charge in [0.05, 0.1) is 40.5 Å². The zero-order valence-corrected chi connectivity index (χ0v) is 20.1. The van der Waals surface area contributed by atoms with E-state index in [0.29, 0.717) is 11.5 Å². The molecule has 2 aliphatic heterocycles. The van der Waals surface area contributed by atoms with Gasteiger partial charge in [-0.25, -0.2) is 4.52 Å². The molecule has 5 rings (SSSR count). The number of carbonyl (C=O) groups is 1. The molecule has 5 heterocycles. The van der Waals surface area contributed by atoms with E-state index in [0.717, 1.165) is 59.9 Å². The Morgan fingerprint density at radius 3 is 2.74 bits per heavy atom. The summed E-state index contributed by atoms with van der Waals surface area (Å²) in [6.07, 6.45) is 7.35. The molecular formula is C25H29N9O. The lowest BCUT2D eigenvalue weighted by molar-refractivity contribution is -0.130. The van der Waals surface area contributed by atoms with E-state index >= 15 is 0 Å². The van der Waals surface area contributed by atoms with E-state index in [1.807, 2.05) is 40.4 Å². The second kappa shape index (κ2) is 9.27. The number of nitrogens with one attached hydrogen (secondary N) is 3. The zero-order chi connectivity index (χ0) is 24.5. The highest BCUT2D eigenvalue weighted by Gasteiger charge is 2.27. The molecule has 0 aromatic carbocycles. The molecule has 180 valence electrons. The van der Waals surface area contributed by atoms with Gasteiger partial charge in [0.15, 0.2) is 0 Å². The molecule has 0 atom stereocenters. The number of carbonyl (C=O) groups excluding carboxylic acids is 1. The number of hydrogen-bond donors (Lipinski definition) is 3. The molecule has 1 saturated heterocycles. The van der Waals surface area contributed by atoms with Gasteiger partial charge in [-0.1, -0.05) is 0 Å². The summed E-state index contributed by atoms with van der Waals surface area (Å²) in [7, 11) is 0. The molecular weight excluding hydrogens is 442 g/mol. The molecule has 0 spiro atoms. The normalized spacial score (nSPS) is 16.4. The molecule has 0 aliphatic carbocycles. The lowest BCUT2D eigenvalue weighted by Gasteiger charge is -2.31. The van der Waals surface area contributed by atoms with Gasteiger partial charge in [-0.2, -0.15) is 10.4 Å². The second-order valence-electron chi connectivity index (χ2n) is 9.27. The second-order valence-corrected chi connectivity index (χ2v) is 9.27. The van der Waals surface area contributed by atoms with Gasteiger partial charge in [-0.3, -0.25) is 14.8 Å². The highest BCUT2D eigenvalue weighted by atomic mass is 16.2. The van der Waals surface area contributed by atoms with Crippen LogP contribution in [0.5, 0.6) is 0 Å². The molecule has 2 aliphatic rings. The molecule has 1 amide bonds. The first-order chi connectivity index (χ1) is 16.9. The van der Waals surface area contributed by atoms with E-state index in [4.69, 9.17) is 10.2 Å². The Labute approximate surface area is 204 Å². The molecule has 0 unspecified atom stereocenters. The summed E-state index contributed by atoms with van der Waals surface area (Å²) < 4.78 is 1.79. The molecule has 35 heavy (non-hydrogen) atoms. The first-order valence-electron chi connectivity index (χ1n) is 11.9. The first kappa shape index (κ1) is 22.7. The first-order valence-corrected chi connectivity index (χ1v) is 11.9. The number of piperidine rings is 1. The summed E-state index contributed by atoms with van der Waals surface area (Å²) in [6.45, 7) is 7.39. The van der Waals surface area contributed by atoms with Crippen LogP contribution >= 0.6 is 0 Å². The molecule has 0 radical (unpaired) electrons. The van der Waals surface area contributed by atoms with Crippen LogP contribution in [0.4, 0.5) is 11.4 Å². The Morgan fingerprint density at radius 2 is 2.03 bits per heavy atom. The predicted octanol–water partition coefficient (Wildman–Crippen LogP) is 3.02. The quantitative estimate of drug-likeness (QED) is 0.520. The third kappa shape index (κ3) is 4.50. The minimum atomic E-state index is 0.142. The van der Waals surface area contributed by atoms with Crippen LogP contribution in [0.2, 0.25) is 0 Å². The van der Waals surface area contributed by atoms with Crippen LogP contribution in [0.25, 0.3) is 16.9 Å². The number of aromatic nitrogens is 3. The molecule has 10 nitrogen and oxygen atoms in total. The van der Waals surface area contributed by atoms with Gasteiger partial charge in [-0.05, 0) is 51.0 Å². The van der Waals surface area contributed by atoms with Crippen LogP contribution in [-0.4, -0.2) is 44.5 Å². The van der Waals surface area contributed by atoms with Crippen molar-refractivity contribution in [2.75, 3.05) is 23.4 Å². The largest absolute Gasteiger partial charge is 0.381 e. The van der Waals surface area contributed by atoms with Crippen LogP contribution in [0.3, 0.4) is 0 Å². The fourth-order valence-electron chi connectivity index (χ4n) is 4.63. The predicted molar refractivity (Wildman–Crippen MR) is 134 cm³/mol. The number of hydrogen-bond acceptors (Lipinski definition) is 8. The zero-order valence-electron chi connectivity index (χ0n) is 20.1. The number of pyridine rings is 1. The lowest BCUT2D eigenvalue weighted by Crippen LogP contribution is -2.41. The maximum atomic E-state index is 11.6. The summed E-state index contributed by atoms with van der Waals surface area (Å²) in [5.74, 6) is 0.511. The van der Waals surface area contributed by atoms with E-state index < -0.39 is 0 Å². The topological polar surface area (TPSA) is 114 Å². The fourth-order valence-corrected chi connectivity index (χ4v) is 4.63.